The number of carbonyl (C=O) groups excluding carboxylic acids is 2. The first kappa shape index (κ1) is 16.1. The van der Waals surface area contributed by atoms with E-state index in [0.29, 0.717) is 24.5 Å². The molecule has 1 aliphatic carbocycles. The van der Waals surface area contributed by atoms with E-state index in [1.807, 2.05) is 18.2 Å². The van der Waals surface area contributed by atoms with E-state index < -0.39 is 11.8 Å². The number of likely N-dealkylation sites (tertiary alicyclic amines) is 1. The molecule has 4 rings (SSSR count). The van der Waals surface area contributed by atoms with Crippen LogP contribution in [0.1, 0.15) is 38.5 Å². The van der Waals surface area contributed by atoms with Gasteiger partial charge in [-0.2, -0.15) is 0 Å². The van der Waals surface area contributed by atoms with Crippen LogP contribution in [0.25, 0.3) is 0 Å². The number of benzene rings is 1. The Balaban J connectivity index is 1.42. The van der Waals surface area contributed by atoms with Gasteiger partial charge in [-0.15, -0.1) is 0 Å². The summed E-state index contributed by atoms with van der Waals surface area (Å²) in [5.41, 5.74) is 6.00. The van der Waals surface area contributed by atoms with Crippen LogP contribution in [-0.2, 0) is 4.79 Å². The fourth-order valence-electron chi connectivity index (χ4n) is 3.92. The minimum atomic E-state index is -0.504. The van der Waals surface area contributed by atoms with Gasteiger partial charge in [0, 0.05) is 37.7 Å². The molecule has 25 heavy (non-hydrogen) atoms. The van der Waals surface area contributed by atoms with Crippen molar-refractivity contribution in [2.24, 2.45) is 11.7 Å². The van der Waals surface area contributed by atoms with Crippen molar-refractivity contribution >= 4 is 17.6 Å². The maximum absolute atomic E-state index is 12.5. The highest BCUT2D eigenvalue weighted by Gasteiger charge is 2.44. The minimum Gasteiger partial charge on any atom is -0.448 e. The minimum absolute atomic E-state index is 0.0969. The summed E-state index contributed by atoms with van der Waals surface area (Å²) in [5, 5.41) is 2.93. The molecule has 2 fully saturated rings. The number of nitrogens with zero attached hydrogens (tertiary/aromatic N) is 1. The molecule has 3 N–H and O–H groups in total. The number of nitrogens with one attached hydrogen (secondary N) is 1. The van der Waals surface area contributed by atoms with Crippen LogP contribution in [-0.4, -0.2) is 35.7 Å². The lowest BCUT2D eigenvalue weighted by Crippen LogP contribution is -2.46. The van der Waals surface area contributed by atoms with Crippen molar-refractivity contribution in [3.63, 3.8) is 0 Å². The average Bonchev–Trinajstić information content (AvgIpc) is 3.20. The van der Waals surface area contributed by atoms with E-state index in [1.54, 1.807) is 0 Å². The van der Waals surface area contributed by atoms with Gasteiger partial charge in [0.15, 0.2) is 11.5 Å². The summed E-state index contributed by atoms with van der Waals surface area (Å²) in [4.78, 5) is 25.4. The molecule has 1 atom stereocenters. The third-order valence-electron chi connectivity index (χ3n) is 5.27. The Bertz CT molecular complexity index is 700. The van der Waals surface area contributed by atoms with Gasteiger partial charge in [-0.1, -0.05) is 0 Å². The third-order valence-corrected chi connectivity index (χ3v) is 5.27. The van der Waals surface area contributed by atoms with Gasteiger partial charge in [0.1, 0.15) is 0 Å². The van der Waals surface area contributed by atoms with Gasteiger partial charge in [-0.25, -0.2) is 4.79 Å². The molecule has 0 aromatic heterocycles. The van der Waals surface area contributed by atoms with Crippen molar-refractivity contribution in [1.29, 1.82) is 0 Å². The molecule has 0 radical (unpaired) electrons. The number of urea groups is 1. The second-order valence-corrected chi connectivity index (χ2v) is 7.10. The Morgan fingerprint density at radius 2 is 1.92 bits per heavy atom. The molecular formula is C18H23N3O4. The number of hydrogen-bond donors (Lipinski definition) is 2. The molecule has 1 spiro atoms. The Morgan fingerprint density at radius 1 is 1.16 bits per heavy atom. The van der Waals surface area contributed by atoms with Crippen LogP contribution in [0, 0.1) is 5.92 Å². The Hall–Kier alpha value is -2.44. The Labute approximate surface area is 146 Å². The number of piperidine rings is 1. The van der Waals surface area contributed by atoms with E-state index in [9.17, 15) is 9.59 Å². The second-order valence-electron chi connectivity index (χ2n) is 7.10. The number of ether oxygens (including phenoxy) is 2. The van der Waals surface area contributed by atoms with Gasteiger partial charge in [-0.05, 0) is 37.8 Å². The molecule has 1 aromatic rings. The van der Waals surface area contributed by atoms with Crippen LogP contribution < -0.4 is 20.5 Å². The number of anilines is 1. The molecule has 0 bridgehead atoms. The number of carbonyl (C=O) groups is 2. The summed E-state index contributed by atoms with van der Waals surface area (Å²) >= 11 is 0. The number of amides is 3. The van der Waals surface area contributed by atoms with Gasteiger partial charge in [0.25, 0.3) is 5.79 Å². The highest BCUT2D eigenvalue weighted by Crippen LogP contribution is 2.47. The van der Waals surface area contributed by atoms with Gasteiger partial charge in [-0.3, -0.25) is 4.79 Å². The molecule has 1 saturated heterocycles. The maximum atomic E-state index is 12.5. The van der Waals surface area contributed by atoms with Crippen LogP contribution in [0.15, 0.2) is 18.2 Å². The predicted molar refractivity (Wildman–Crippen MR) is 91.4 cm³/mol. The van der Waals surface area contributed by atoms with Crippen molar-refractivity contribution in [3.05, 3.63) is 18.2 Å². The third kappa shape index (κ3) is 3.10. The van der Waals surface area contributed by atoms with Gasteiger partial charge in [0.05, 0.1) is 5.92 Å². The quantitative estimate of drug-likeness (QED) is 0.861. The van der Waals surface area contributed by atoms with Crippen LogP contribution in [0.5, 0.6) is 11.5 Å². The van der Waals surface area contributed by atoms with Crippen LogP contribution in [0.4, 0.5) is 10.5 Å². The average molecular weight is 345 g/mol. The van der Waals surface area contributed by atoms with Gasteiger partial charge < -0.3 is 25.4 Å². The number of fused-ring (bicyclic) bond motifs is 1. The number of rotatable bonds is 2. The highest BCUT2D eigenvalue weighted by molar-refractivity contribution is 5.93. The van der Waals surface area contributed by atoms with Crippen LogP contribution >= 0.6 is 0 Å². The number of primary amides is 1. The van der Waals surface area contributed by atoms with E-state index in [0.717, 1.165) is 44.3 Å². The molecule has 7 nitrogen and oxygen atoms in total. The molecule has 1 aromatic carbocycles. The van der Waals surface area contributed by atoms with E-state index in [-0.39, 0.29) is 11.8 Å². The summed E-state index contributed by atoms with van der Waals surface area (Å²) in [6.45, 7) is 0.986. The summed E-state index contributed by atoms with van der Waals surface area (Å²) in [5.74, 6) is 0.573. The van der Waals surface area contributed by atoms with Crippen molar-refractivity contribution < 1.29 is 19.1 Å². The lowest BCUT2D eigenvalue weighted by molar-refractivity contribution is -0.121. The summed E-state index contributed by atoms with van der Waals surface area (Å²) in [6, 6.07) is 5.01. The second kappa shape index (κ2) is 6.13. The van der Waals surface area contributed by atoms with E-state index in [1.165, 1.54) is 4.90 Å². The zero-order valence-corrected chi connectivity index (χ0v) is 14.1. The monoisotopic (exact) mass is 345 g/mol. The van der Waals surface area contributed by atoms with Crippen molar-refractivity contribution in [2.75, 3.05) is 18.4 Å². The van der Waals surface area contributed by atoms with Crippen LogP contribution in [0.2, 0.25) is 0 Å². The SMILES string of the molecule is NC(=O)N1CCCC(C(=O)Nc2ccc3c(c2)OC2(CCCC2)O3)C1. The predicted octanol–water partition coefficient (Wildman–Crippen LogP) is 2.46. The van der Waals surface area contributed by atoms with Crippen molar-refractivity contribution in [1.82, 2.24) is 4.90 Å². The topological polar surface area (TPSA) is 93.9 Å². The first-order valence-corrected chi connectivity index (χ1v) is 8.92. The van der Waals surface area contributed by atoms with E-state index in [4.69, 9.17) is 15.2 Å². The number of nitrogens with two attached hydrogens (primary N) is 1. The summed E-state index contributed by atoms with van der Waals surface area (Å²) in [7, 11) is 0. The molecule has 2 aliphatic heterocycles. The van der Waals surface area contributed by atoms with E-state index in [2.05, 4.69) is 5.32 Å². The summed E-state index contributed by atoms with van der Waals surface area (Å²) < 4.78 is 12.0. The zero-order valence-electron chi connectivity index (χ0n) is 14.1. The van der Waals surface area contributed by atoms with Crippen molar-refractivity contribution in [3.8, 4) is 11.5 Å². The summed E-state index contributed by atoms with van der Waals surface area (Å²) in [6.07, 6.45) is 5.54. The molecule has 3 amide bonds. The van der Waals surface area contributed by atoms with E-state index >= 15 is 0 Å². The Kier molecular flexibility index (Phi) is 3.94. The largest absolute Gasteiger partial charge is 0.448 e. The van der Waals surface area contributed by atoms with Gasteiger partial charge in [0.2, 0.25) is 5.91 Å². The molecule has 3 aliphatic rings. The maximum Gasteiger partial charge on any atom is 0.314 e. The van der Waals surface area contributed by atoms with Crippen molar-refractivity contribution in [2.45, 2.75) is 44.3 Å². The molecule has 2 heterocycles. The lowest BCUT2D eigenvalue weighted by atomic mass is 9.97. The molecule has 7 heteroatoms. The first-order valence-electron chi connectivity index (χ1n) is 8.92. The lowest BCUT2D eigenvalue weighted by Gasteiger charge is -2.30. The molecule has 134 valence electrons. The first-order chi connectivity index (χ1) is 12.0. The normalized spacial score (nSPS) is 23.7. The fraction of sp³-hybridized carbons (Fsp3) is 0.556. The highest BCUT2D eigenvalue weighted by atomic mass is 16.7. The fourth-order valence-corrected chi connectivity index (χ4v) is 3.92. The van der Waals surface area contributed by atoms with Crippen LogP contribution in [0.3, 0.4) is 0 Å². The zero-order chi connectivity index (χ0) is 17.4. The smallest absolute Gasteiger partial charge is 0.314 e. The Morgan fingerprint density at radius 3 is 2.68 bits per heavy atom. The number of hydrogen-bond acceptors (Lipinski definition) is 4. The molecule has 1 saturated carbocycles. The standard InChI is InChI=1S/C18H23N3O4/c19-17(23)21-9-3-4-12(11-21)16(22)20-13-5-6-14-15(10-13)25-18(24-14)7-1-2-8-18/h5-6,10,12H,1-4,7-9,11H2,(H2,19,23)(H,20,22). The molecule has 1 unspecified atom stereocenters. The molecular weight excluding hydrogens is 322 g/mol. The van der Waals surface area contributed by atoms with Gasteiger partial charge >= 0.3 is 6.03 Å².